The van der Waals surface area contributed by atoms with Gasteiger partial charge in [-0.05, 0) is 31.6 Å². The summed E-state index contributed by atoms with van der Waals surface area (Å²) >= 11 is 0. The summed E-state index contributed by atoms with van der Waals surface area (Å²) in [4.78, 5) is 27.2. The zero-order valence-corrected chi connectivity index (χ0v) is 14.8. The van der Waals surface area contributed by atoms with E-state index in [1.165, 1.54) is 0 Å². The van der Waals surface area contributed by atoms with Gasteiger partial charge in [-0.1, -0.05) is 39.5 Å². The molecule has 1 aliphatic carbocycles. The number of hydrogen-bond donors (Lipinski definition) is 2. The second kappa shape index (κ2) is 9.14. The van der Waals surface area contributed by atoms with Crippen LogP contribution in [-0.4, -0.2) is 42.5 Å². The molecule has 0 unspecified atom stereocenters. The Bertz CT molecular complexity index is 398. The summed E-state index contributed by atoms with van der Waals surface area (Å²) in [5.74, 6) is 0.554. The first-order valence-corrected chi connectivity index (χ1v) is 9.41. The Morgan fingerprint density at radius 2 is 1.91 bits per heavy atom. The predicted molar refractivity (Wildman–Crippen MR) is 92.2 cm³/mol. The molecule has 132 valence electrons. The SMILES string of the molecule is CC(C)CNC(=O)N1CCCCCCNC(=O)[C@@H]2CCCC[C@@H]21. The van der Waals surface area contributed by atoms with Crippen molar-refractivity contribution in [1.29, 1.82) is 0 Å². The van der Waals surface area contributed by atoms with E-state index in [9.17, 15) is 9.59 Å². The lowest BCUT2D eigenvalue weighted by molar-refractivity contribution is -0.127. The second-order valence-electron chi connectivity index (χ2n) is 7.44. The van der Waals surface area contributed by atoms with E-state index in [0.29, 0.717) is 12.5 Å². The number of fused-ring (bicyclic) bond motifs is 1. The fourth-order valence-electron chi connectivity index (χ4n) is 3.70. The Morgan fingerprint density at radius 3 is 2.70 bits per heavy atom. The molecule has 3 amide bonds. The van der Waals surface area contributed by atoms with Crippen LogP contribution in [0.3, 0.4) is 0 Å². The van der Waals surface area contributed by atoms with Gasteiger partial charge in [0.2, 0.25) is 5.91 Å². The molecule has 2 fully saturated rings. The topological polar surface area (TPSA) is 61.4 Å². The van der Waals surface area contributed by atoms with E-state index < -0.39 is 0 Å². The van der Waals surface area contributed by atoms with Gasteiger partial charge in [0.1, 0.15) is 0 Å². The number of rotatable bonds is 2. The normalized spacial score (nSPS) is 26.9. The maximum atomic E-state index is 12.7. The third-order valence-corrected chi connectivity index (χ3v) is 5.01. The van der Waals surface area contributed by atoms with Crippen LogP contribution in [0.2, 0.25) is 0 Å². The molecule has 1 heterocycles. The van der Waals surface area contributed by atoms with Crippen molar-refractivity contribution in [2.45, 2.75) is 71.3 Å². The van der Waals surface area contributed by atoms with Crippen molar-refractivity contribution in [3.8, 4) is 0 Å². The number of amides is 3. The molecule has 5 nitrogen and oxygen atoms in total. The Kier molecular flexibility index (Phi) is 7.18. The van der Waals surface area contributed by atoms with E-state index in [2.05, 4.69) is 24.5 Å². The highest BCUT2D eigenvalue weighted by atomic mass is 16.2. The third kappa shape index (κ3) is 5.40. The van der Waals surface area contributed by atoms with Crippen LogP contribution >= 0.6 is 0 Å². The second-order valence-corrected chi connectivity index (χ2v) is 7.44. The lowest BCUT2D eigenvalue weighted by atomic mass is 9.82. The van der Waals surface area contributed by atoms with Crippen LogP contribution in [0.4, 0.5) is 4.79 Å². The van der Waals surface area contributed by atoms with Crippen molar-refractivity contribution >= 4 is 11.9 Å². The Labute approximate surface area is 140 Å². The smallest absolute Gasteiger partial charge is 0.317 e. The van der Waals surface area contributed by atoms with Crippen LogP contribution in [0.15, 0.2) is 0 Å². The van der Waals surface area contributed by atoms with Crippen molar-refractivity contribution in [2.75, 3.05) is 19.6 Å². The maximum absolute atomic E-state index is 12.7. The molecule has 5 heteroatoms. The van der Waals surface area contributed by atoms with Gasteiger partial charge in [-0.25, -0.2) is 4.79 Å². The van der Waals surface area contributed by atoms with E-state index in [-0.39, 0.29) is 23.9 Å². The highest BCUT2D eigenvalue weighted by Gasteiger charge is 2.36. The van der Waals surface area contributed by atoms with Gasteiger partial charge in [0, 0.05) is 25.7 Å². The highest BCUT2D eigenvalue weighted by Crippen LogP contribution is 2.29. The molecule has 1 saturated heterocycles. The molecular formula is C18H33N3O2. The van der Waals surface area contributed by atoms with Gasteiger partial charge in [0.25, 0.3) is 0 Å². The van der Waals surface area contributed by atoms with Crippen LogP contribution in [0.5, 0.6) is 0 Å². The van der Waals surface area contributed by atoms with E-state index in [1.54, 1.807) is 0 Å². The minimum atomic E-state index is -0.0355. The van der Waals surface area contributed by atoms with Gasteiger partial charge in [0.05, 0.1) is 5.92 Å². The average molecular weight is 323 g/mol. The molecular weight excluding hydrogens is 290 g/mol. The molecule has 0 bridgehead atoms. The number of carbonyl (C=O) groups is 2. The first-order chi connectivity index (χ1) is 11.1. The number of hydrogen-bond acceptors (Lipinski definition) is 2. The van der Waals surface area contributed by atoms with Crippen LogP contribution in [0.25, 0.3) is 0 Å². The molecule has 23 heavy (non-hydrogen) atoms. The molecule has 2 rings (SSSR count). The summed E-state index contributed by atoms with van der Waals surface area (Å²) in [6, 6.07) is 0.0802. The lowest BCUT2D eigenvalue weighted by Gasteiger charge is -2.39. The number of urea groups is 1. The molecule has 0 aromatic carbocycles. The summed E-state index contributed by atoms with van der Waals surface area (Å²) in [5, 5.41) is 6.15. The molecule has 0 spiro atoms. The van der Waals surface area contributed by atoms with Crippen LogP contribution in [0, 0.1) is 11.8 Å². The van der Waals surface area contributed by atoms with Crippen molar-refractivity contribution < 1.29 is 9.59 Å². The van der Waals surface area contributed by atoms with Crippen molar-refractivity contribution in [2.24, 2.45) is 11.8 Å². The molecule has 0 aromatic heterocycles. The minimum Gasteiger partial charge on any atom is -0.356 e. The Hall–Kier alpha value is -1.26. The minimum absolute atomic E-state index is 0.0163. The van der Waals surface area contributed by atoms with Gasteiger partial charge < -0.3 is 15.5 Å². The molecule has 1 aliphatic heterocycles. The zero-order valence-electron chi connectivity index (χ0n) is 14.8. The number of nitrogens with zero attached hydrogens (tertiary/aromatic N) is 1. The summed E-state index contributed by atoms with van der Waals surface area (Å²) in [6.45, 7) is 6.45. The lowest BCUT2D eigenvalue weighted by Crippen LogP contribution is -2.54. The van der Waals surface area contributed by atoms with Crippen molar-refractivity contribution in [3.05, 3.63) is 0 Å². The zero-order chi connectivity index (χ0) is 16.7. The summed E-state index contributed by atoms with van der Waals surface area (Å²) in [6.07, 6.45) is 8.39. The molecule has 0 aromatic rings. The molecule has 2 aliphatic rings. The first kappa shape index (κ1) is 18.1. The standard InChI is InChI=1S/C18H33N3O2/c1-14(2)13-20-18(23)21-12-8-4-3-7-11-19-17(22)15-9-5-6-10-16(15)21/h14-16H,3-13H2,1-2H3,(H,19,22)(H,20,23)/t15-,16+/m1/s1. The van der Waals surface area contributed by atoms with E-state index in [1.807, 2.05) is 4.90 Å². The van der Waals surface area contributed by atoms with Crippen LogP contribution in [-0.2, 0) is 4.79 Å². The van der Waals surface area contributed by atoms with Gasteiger partial charge in [0.15, 0.2) is 0 Å². The average Bonchev–Trinajstić information content (AvgIpc) is 2.58. The number of nitrogens with one attached hydrogen (secondary N) is 2. The monoisotopic (exact) mass is 323 g/mol. The summed E-state index contributed by atoms with van der Waals surface area (Å²) in [5.41, 5.74) is 0. The van der Waals surface area contributed by atoms with E-state index >= 15 is 0 Å². The van der Waals surface area contributed by atoms with Crippen molar-refractivity contribution in [1.82, 2.24) is 15.5 Å². The Balaban J connectivity index is 2.11. The summed E-state index contributed by atoms with van der Waals surface area (Å²) < 4.78 is 0. The molecule has 2 N–H and O–H groups in total. The van der Waals surface area contributed by atoms with E-state index in [0.717, 1.165) is 64.5 Å². The molecule has 0 radical (unpaired) electrons. The predicted octanol–water partition coefficient (Wildman–Crippen LogP) is 2.90. The first-order valence-electron chi connectivity index (χ1n) is 9.41. The van der Waals surface area contributed by atoms with Gasteiger partial charge in [-0.2, -0.15) is 0 Å². The molecule has 1 saturated carbocycles. The number of carbonyl (C=O) groups excluding carboxylic acids is 2. The van der Waals surface area contributed by atoms with Crippen LogP contribution in [0.1, 0.15) is 65.2 Å². The van der Waals surface area contributed by atoms with Gasteiger partial charge in [-0.15, -0.1) is 0 Å². The Morgan fingerprint density at radius 1 is 1.17 bits per heavy atom. The van der Waals surface area contributed by atoms with E-state index in [4.69, 9.17) is 0 Å². The quantitative estimate of drug-likeness (QED) is 0.821. The fraction of sp³-hybridized carbons (Fsp3) is 0.889. The van der Waals surface area contributed by atoms with Gasteiger partial charge >= 0.3 is 6.03 Å². The maximum Gasteiger partial charge on any atom is 0.317 e. The third-order valence-electron chi connectivity index (χ3n) is 5.01. The van der Waals surface area contributed by atoms with Crippen molar-refractivity contribution in [3.63, 3.8) is 0 Å². The summed E-state index contributed by atoms with van der Waals surface area (Å²) in [7, 11) is 0. The van der Waals surface area contributed by atoms with Gasteiger partial charge in [-0.3, -0.25) is 4.79 Å². The fourth-order valence-corrected chi connectivity index (χ4v) is 3.70. The van der Waals surface area contributed by atoms with Crippen LogP contribution < -0.4 is 10.6 Å². The largest absolute Gasteiger partial charge is 0.356 e. The highest BCUT2D eigenvalue weighted by molar-refractivity contribution is 5.81. The molecule has 2 atom stereocenters.